The first-order valence-corrected chi connectivity index (χ1v) is 14.0. The zero-order valence-corrected chi connectivity index (χ0v) is 22.4. The molecule has 0 aromatic heterocycles. The summed E-state index contributed by atoms with van der Waals surface area (Å²) in [6.07, 6.45) is 5.97. The van der Waals surface area contributed by atoms with E-state index in [0.717, 1.165) is 37.8 Å². The molecule has 1 unspecified atom stereocenters. The molecule has 1 heterocycles. The van der Waals surface area contributed by atoms with Gasteiger partial charge in [-0.25, -0.2) is 0 Å². The predicted octanol–water partition coefficient (Wildman–Crippen LogP) is 3.75. The Bertz CT molecular complexity index is 1140. The Morgan fingerprint density at radius 1 is 1.03 bits per heavy atom. The summed E-state index contributed by atoms with van der Waals surface area (Å²) in [4.78, 5) is 2.11. The molecule has 4 aliphatic carbocycles. The van der Waals surface area contributed by atoms with Crippen LogP contribution in [0.3, 0.4) is 0 Å². The number of hydrogen-bond donors (Lipinski definition) is 3. The number of hydrogen-bond acceptors (Lipinski definition) is 6. The van der Waals surface area contributed by atoms with Gasteiger partial charge >= 0.3 is 0 Å². The Labute approximate surface area is 220 Å². The van der Waals surface area contributed by atoms with Gasteiger partial charge in [0.1, 0.15) is 12.2 Å². The SMILES string of the molecule is CN(C)c1ccc([C@H]2C[C@]3(C)[C@@H](CC[C@]3(O)C#CCO)C3CC[C@@]4(O)CC5(CCC4=C32)OCCO5)cc1. The van der Waals surface area contributed by atoms with Crippen molar-refractivity contribution in [3.8, 4) is 11.8 Å². The lowest BCUT2D eigenvalue weighted by molar-refractivity contribution is -0.208. The standard InChI is InChI=1S/C31H41NO5/c1-28-19-24(21-5-7-22(8-6-21)32(2)3)27-23(25(28)10-14-30(28,35)12-4-16-33)9-13-29(34)20-31(15-11-26(27)29)36-17-18-37-31/h5-8,23-25,33-35H,9-11,13-20H2,1-3H3/t23?,24-,25+,28-,29-,30-/m1/s1. The van der Waals surface area contributed by atoms with Gasteiger partial charge in [-0.15, -0.1) is 0 Å². The molecule has 6 heteroatoms. The molecule has 0 bridgehead atoms. The van der Waals surface area contributed by atoms with Gasteiger partial charge in [-0.1, -0.05) is 36.5 Å². The second-order valence-corrected chi connectivity index (χ2v) is 12.5. The van der Waals surface area contributed by atoms with Crippen LogP contribution in [0.5, 0.6) is 0 Å². The van der Waals surface area contributed by atoms with Gasteiger partial charge in [0, 0.05) is 44.0 Å². The molecule has 1 saturated heterocycles. The van der Waals surface area contributed by atoms with E-state index in [-0.39, 0.29) is 12.5 Å². The average molecular weight is 508 g/mol. The molecule has 1 aromatic carbocycles. The number of ether oxygens (including phenoxy) is 2. The maximum atomic E-state index is 12.1. The Balaban J connectivity index is 1.47. The Kier molecular flexibility index (Phi) is 6.06. The largest absolute Gasteiger partial charge is 0.385 e. The number of nitrogens with zero attached hydrogens (tertiary/aromatic N) is 1. The van der Waals surface area contributed by atoms with E-state index < -0.39 is 22.4 Å². The van der Waals surface area contributed by atoms with Crippen LogP contribution in [0.2, 0.25) is 0 Å². The summed E-state index contributed by atoms with van der Waals surface area (Å²) < 4.78 is 12.1. The third kappa shape index (κ3) is 3.81. The molecule has 6 nitrogen and oxygen atoms in total. The molecule has 1 aromatic rings. The zero-order valence-electron chi connectivity index (χ0n) is 22.4. The highest BCUT2D eigenvalue weighted by atomic mass is 16.7. The van der Waals surface area contributed by atoms with Crippen molar-refractivity contribution in [2.24, 2.45) is 17.3 Å². The fraction of sp³-hybridized carbons (Fsp3) is 0.677. The summed E-state index contributed by atoms with van der Waals surface area (Å²) in [6, 6.07) is 8.79. The van der Waals surface area contributed by atoms with E-state index in [2.05, 4.69) is 47.9 Å². The Hall–Kier alpha value is -1.88. The molecule has 200 valence electrons. The summed E-state index contributed by atoms with van der Waals surface area (Å²) in [7, 11) is 4.10. The number of aliphatic hydroxyl groups is 3. The van der Waals surface area contributed by atoms with Crippen LogP contribution in [0.1, 0.15) is 69.8 Å². The van der Waals surface area contributed by atoms with Crippen molar-refractivity contribution in [2.75, 3.05) is 38.8 Å². The van der Waals surface area contributed by atoms with Crippen LogP contribution in [0, 0.1) is 29.1 Å². The molecule has 6 atom stereocenters. The van der Waals surface area contributed by atoms with Gasteiger partial charge in [0.25, 0.3) is 0 Å². The van der Waals surface area contributed by atoms with Crippen LogP contribution in [-0.2, 0) is 9.47 Å². The minimum Gasteiger partial charge on any atom is -0.385 e. The normalized spacial score (nSPS) is 40.0. The van der Waals surface area contributed by atoms with Crippen LogP contribution >= 0.6 is 0 Å². The Morgan fingerprint density at radius 3 is 2.43 bits per heavy atom. The highest BCUT2D eigenvalue weighted by Gasteiger charge is 2.64. The van der Waals surface area contributed by atoms with Gasteiger partial charge in [-0.05, 0) is 73.6 Å². The number of benzene rings is 1. The molecular weight excluding hydrogens is 466 g/mol. The third-order valence-corrected chi connectivity index (χ3v) is 10.6. The van der Waals surface area contributed by atoms with E-state index >= 15 is 0 Å². The van der Waals surface area contributed by atoms with E-state index in [1.807, 2.05) is 14.1 Å². The van der Waals surface area contributed by atoms with E-state index in [1.165, 1.54) is 16.7 Å². The van der Waals surface area contributed by atoms with Crippen molar-refractivity contribution in [2.45, 2.75) is 81.2 Å². The minimum absolute atomic E-state index is 0.101. The van der Waals surface area contributed by atoms with Gasteiger partial charge in [-0.3, -0.25) is 0 Å². The first-order chi connectivity index (χ1) is 17.6. The molecule has 3 saturated carbocycles. The monoisotopic (exact) mass is 507 g/mol. The number of fused-ring (bicyclic) bond motifs is 4. The van der Waals surface area contributed by atoms with Crippen molar-refractivity contribution in [1.29, 1.82) is 0 Å². The molecular formula is C31H41NO5. The number of anilines is 1. The maximum Gasteiger partial charge on any atom is 0.171 e. The molecule has 0 amide bonds. The molecule has 4 fully saturated rings. The minimum atomic E-state index is -1.12. The Morgan fingerprint density at radius 2 is 1.76 bits per heavy atom. The van der Waals surface area contributed by atoms with Crippen LogP contribution in [-0.4, -0.2) is 66.2 Å². The van der Waals surface area contributed by atoms with Crippen LogP contribution in [0.25, 0.3) is 0 Å². The van der Waals surface area contributed by atoms with Gasteiger partial charge in [0.05, 0.1) is 18.8 Å². The van der Waals surface area contributed by atoms with Crippen molar-refractivity contribution >= 4 is 5.69 Å². The van der Waals surface area contributed by atoms with Crippen LogP contribution in [0.15, 0.2) is 35.4 Å². The second-order valence-electron chi connectivity index (χ2n) is 12.5. The highest BCUT2D eigenvalue weighted by molar-refractivity contribution is 5.50. The smallest absolute Gasteiger partial charge is 0.171 e. The quantitative estimate of drug-likeness (QED) is 0.418. The zero-order chi connectivity index (χ0) is 26.1. The topological polar surface area (TPSA) is 82.4 Å². The lowest BCUT2D eigenvalue weighted by Gasteiger charge is -2.57. The summed E-state index contributed by atoms with van der Waals surface area (Å²) in [5.74, 6) is 5.92. The van der Waals surface area contributed by atoms with Gasteiger partial charge in [0.15, 0.2) is 5.79 Å². The fourth-order valence-electron chi connectivity index (χ4n) is 8.71. The van der Waals surface area contributed by atoms with E-state index in [9.17, 15) is 15.3 Å². The molecule has 3 N–H and O–H groups in total. The fourth-order valence-corrected chi connectivity index (χ4v) is 8.71. The molecule has 1 aliphatic heterocycles. The lowest BCUT2D eigenvalue weighted by atomic mass is 9.49. The summed E-state index contributed by atoms with van der Waals surface area (Å²) in [5.41, 5.74) is 2.58. The van der Waals surface area contributed by atoms with Crippen molar-refractivity contribution in [1.82, 2.24) is 0 Å². The van der Waals surface area contributed by atoms with Crippen molar-refractivity contribution in [3.05, 3.63) is 41.0 Å². The molecule has 0 radical (unpaired) electrons. The number of allylic oxidation sites excluding steroid dienone is 1. The van der Waals surface area contributed by atoms with E-state index in [1.54, 1.807) is 0 Å². The number of aliphatic hydroxyl groups excluding tert-OH is 1. The molecule has 6 rings (SSSR count). The van der Waals surface area contributed by atoms with Crippen molar-refractivity contribution < 1.29 is 24.8 Å². The van der Waals surface area contributed by atoms with Gasteiger partial charge in [-0.2, -0.15) is 0 Å². The van der Waals surface area contributed by atoms with Crippen LogP contribution in [0.4, 0.5) is 5.69 Å². The van der Waals surface area contributed by atoms with Gasteiger partial charge < -0.3 is 29.7 Å². The first-order valence-electron chi connectivity index (χ1n) is 14.0. The lowest BCUT2D eigenvalue weighted by Crippen LogP contribution is -2.55. The summed E-state index contributed by atoms with van der Waals surface area (Å²) >= 11 is 0. The first kappa shape index (κ1) is 25.4. The predicted molar refractivity (Wildman–Crippen MR) is 142 cm³/mol. The summed E-state index contributed by atoms with van der Waals surface area (Å²) in [5, 5.41) is 33.4. The van der Waals surface area contributed by atoms with Crippen molar-refractivity contribution in [3.63, 3.8) is 0 Å². The van der Waals surface area contributed by atoms with Crippen LogP contribution < -0.4 is 4.90 Å². The highest BCUT2D eigenvalue weighted by Crippen LogP contribution is 2.67. The number of rotatable bonds is 2. The van der Waals surface area contributed by atoms with E-state index in [0.29, 0.717) is 44.3 Å². The van der Waals surface area contributed by atoms with Gasteiger partial charge in [0.2, 0.25) is 0 Å². The maximum absolute atomic E-state index is 12.1. The molecule has 1 spiro atoms. The van der Waals surface area contributed by atoms with E-state index in [4.69, 9.17) is 9.47 Å². The second kappa shape index (κ2) is 8.83. The molecule has 37 heavy (non-hydrogen) atoms. The summed E-state index contributed by atoms with van der Waals surface area (Å²) in [6.45, 7) is 3.17. The molecule has 5 aliphatic rings. The third-order valence-electron chi connectivity index (χ3n) is 10.6. The average Bonchev–Trinajstić information content (AvgIpc) is 3.43.